The number of nitrogens with zero attached hydrogens (tertiary/aromatic N) is 2. The van der Waals surface area contributed by atoms with Crippen LogP contribution in [0.15, 0.2) is 36.5 Å². The van der Waals surface area contributed by atoms with Crippen molar-refractivity contribution in [3.05, 3.63) is 53.3 Å². The number of benzene rings is 1. The number of hydrogen-bond acceptors (Lipinski definition) is 3. The average molecular weight is 329 g/mol. The zero-order valence-corrected chi connectivity index (χ0v) is 14.7. The summed E-state index contributed by atoms with van der Waals surface area (Å²) in [6.07, 6.45) is 4.45. The molecule has 1 amide bonds. The molecule has 1 unspecified atom stereocenters. The lowest BCUT2D eigenvalue weighted by Crippen LogP contribution is -2.33. The minimum atomic E-state index is -0.423. The maximum atomic E-state index is 12.6. The Morgan fingerprint density at radius 1 is 1.17 bits per heavy atom. The van der Waals surface area contributed by atoms with Gasteiger partial charge >= 0.3 is 0 Å². The zero-order chi connectivity index (χ0) is 17.5. The Morgan fingerprint density at radius 3 is 2.38 bits per heavy atom. The quantitative estimate of drug-likeness (QED) is 0.781. The summed E-state index contributed by atoms with van der Waals surface area (Å²) in [5.41, 5.74) is 2.66. The van der Waals surface area contributed by atoms with Crippen molar-refractivity contribution in [3.8, 4) is 0 Å². The second-order valence-corrected chi connectivity index (χ2v) is 5.94. The van der Waals surface area contributed by atoms with E-state index >= 15 is 0 Å². The molecule has 0 spiro atoms. The molecule has 1 aromatic heterocycles. The number of nitrogens with one attached hydrogen (secondary N) is 1. The van der Waals surface area contributed by atoms with E-state index < -0.39 is 6.04 Å². The maximum absolute atomic E-state index is 12.6. The van der Waals surface area contributed by atoms with E-state index in [2.05, 4.69) is 31.2 Å². The minimum Gasteiger partial charge on any atom is -0.394 e. The molecule has 1 heterocycles. The Kier molecular flexibility index (Phi) is 6.55. The van der Waals surface area contributed by atoms with E-state index in [9.17, 15) is 9.90 Å². The third-order valence-corrected chi connectivity index (χ3v) is 4.47. The van der Waals surface area contributed by atoms with Gasteiger partial charge in [0.15, 0.2) is 0 Å². The van der Waals surface area contributed by atoms with Crippen LogP contribution in [-0.4, -0.2) is 27.4 Å². The van der Waals surface area contributed by atoms with Gasteiger partial charge in [-0.1, -0.05) is 45.0 Å². The van der Waals surface area contributed by atoms with Gasteiger partial charge in [0, 0.05) is 6.20 Å². The summed E-state index contributed by atoms with van der Waals surface area (Å²) < 4.78 is 1.78. The summed E-state index contributed by atoms with van der Waals surface area (Å²) in [4.78, 5) is 12.6. The molecule has 2 N–H and O–H groups in total. The highest BCUT2D eigenvalue weighted by Crippen LogP contribution is 2.19. The number of aromatic nitrogens is 2. The largest absolute Gasteiger partial charge is 0.394 e. The molecule has 0 aliphatic carbocycles. The van der Waals surface area contributed by atoms with Gasteiger partial charge in [0.2, 0.25) is 0 Å². The first-order chi connectivity index (χ1) is 11.6. The molecule has 1 aromatic carbocycles. The van der Waals surface area contributed by atoms with Crippen molar-refractivity contribution in [1.29, 1.82) is 0 Å². The molecule has 0 saturated heterocycles. The van der Waals surface area contributed by atoms with Crippen LogP contribution in [0.1, 0.15) is 67.3 Å². The predicted molar refractivity (Wildman–Crippen MR) is 95.0 cm³/mol. The van der Waals surface area contributed by atoms with Gasteiger partial charge in [-0.25, -0.2) is 0 Å². The van der Waals surface area contributed by atoms with Crippen molar-refractivity contribution in [3.63, 3.8) is 0 Å². The molecule has 0 aliphatic rings. The Hall–Kier alpha value is -2.14. The Balaban J connectivity index is 2.16. The molecule has 0 saturated carbocycles. The van der Waals surface area contributed by atoms with E-state index in [4.69, 9.17) is 0 Å². The maximum Gasteiger partial charge on any atom is 0.270 e. The predicted octanol–water partition coefficient (Wildman–Crippen LogP) is 3.27. The molecule has 0 fully saturated rings. The van der Waals surface area contributed by atoms with Crippen molar-refractivity contribution in [2.75, 3.05) is 6.61 Å². The summed E-state index contributed by atoms with van der Waals surface area (Å²) in [6, 6.07) is 9.47. The lowest BCUT2D eigenvalue weighted by atomic mass is 10.0. The minimum absolute atomic E-state index is 0.143. The van der Waals surface area contributed by atoms with E-state index in [-0.39, 0.29) is 18.6 Å². The fourth-order valence-electron chi connectivity index (χ4n) is 2.87. The van der Waals surface area contributed by atoms with E-state index in [1.165, 1.54) is 5.56 Å². The van der Waals surface area contributed by atoms with Crippen molar-refractivity contribution in [1.82, 2.24) is 15.1 Å². The fourth-order valence-corrected chi connectivity index (χ4v) is 2.87. The van der Waals surface area contributed by atoms with Crippen LogP contribution in [0.5, 0.6) is 0 Å². The zero-order valence-electron chi connectivity index (χ0n) is 14.7. The number of aliphatic hydroxyl groups is 1. The summed E-state index contributed by atoms with van der Waals surface area (Å²) in [5.74, 6) is -0.210. The normalized spacial score (nSPS) is 12.4. The van der Waals surface area contributed by atoms with Crippen molar-refractivity contribution in [2.24, 2.45) is 0 Å². The molecule has 0 bridgehead atoms. The highest BCUT2D eigenvalue weighted by atomic mass is 16.3. The second-order valence-electron chi connectivity index (χ2n) is 5.94. The number of aryl methyl sites for hydroxylation is 1. The van der Waals surface area contributed by atoms with Gasteiger partial charge in [-0.05, 0) is 36.5 Å². The Bertz CT molecular complexity index is 645. The van der Waals surface area contributed by atoms with E-state index in [0.29, 0.717) is 5.69 Å². The van der Waals surface area contributed by atoms with Crippen LogP contribution in [0.3, 0.4) is 0 Å². The topological polar surface area (TPSA) is 67.2 Å². The molecule has 0 radical (unpaired) electrons. The van der Waals surface area contributed by atoms with Gasteiger partial charge in [0.25, 0.3) is 5.91 Å². The van der Waals surface area contributed by atoms with Crippen molar-refractivity contribution < 1.29 is 9.90 Å². The first kappa shape index (κ1) is 18.2. The summed E-state index contributed by atoms with van der Waals surface area (Å²) in [5, 5.41) is 16.9. The SMILES string of the molecule is CCc1ccc(C(CO)NC(=O)c2ccnn2C(CC)CC)cc1. The molecule has 2 aromatic rings. The molecule has 5 heteroatoms. The van der Waals surface area contributed by atoms with Crippen LogP contribution >= 0.6 is 0 Å². The lowest BCUT2D eigenvalue weighted by molar-refractivity contribution is 0.0902. The number of carbonyl (C=O) groups is 1. The Labute approximate surface area is 143 Å². The molecular weight excluding hydrogens is 302 g/mol. The van der Waals surface area contributed by atoms with Crippen molar-refractivity contribution in [2.45, 2.75) is 52.1 Å². The summed E-state index contributed by atoms with van der Waals surface area (Å²) in [6.45, 7) is 6.13. The summed E-state index contributed by atoms with van der Waals surface area (Å²) in [7, 11) is 0. The monoisotopic (exact) mass is 329 g/mol. The highest BCUT2D eigenvalue weighted by Gasteiger charge is 2.20. The smallest absolute Gasteiger partial charge is 0.270 e. The van der Waals surface area contributed by atoms with Gasteiger partial charge in [-0.2, -0.15) is 5.10 Å². The molecule has 2 rings (SSSR count). The fraction of sp³-hybridized carbons (Fsp3) is 0.474. The molecule has 5 nitrogen and oxygen atoms in total. The molecule has 1 atom stereocenters. The van der Waals surface area contributed by atoms with E-state index in [0.717, 1.165) is 24.8 Å². The molecule has 130 valence electrons. The number of rotatable bonds is 8. The van der Waals surface area contributed by atoms with Crippen LogP contribution in [0, 0.1) is 0 Å². The third-order valence-electron chi connectivity index (χ3n) is 4.47. The average Bonchev–Trinajstić information content (AvgIpc) is 3.10. The highest BCUT2D eigenvalue weighted by molar-refractivity contribution is 5.92. The van der Waals surface area contributed by atoms with E-state index in [1.807, 2.05) is 24.3 Å². The van der Waals surface area contributed by atoms with Crippen LogP contribution in [-0.2, 0) is 6.42 Å². The molecular formula is C19H27N3O2. The van der Waals surface area contributed by atoms with Crippen molar-refractivity contribution >= 4 is 5.91 Å². The van der Waals surface area contributed by atoms with Crippen LogP contribution in [0.2, 0.25) is 0 Å². The first-order valence-corrected chi connectivity index (χ1v) is 8.68. The molecule has 0 aliphatic heterocycles. The van der Waals surface area contributed by atoms with Gasteiger partial charge in [0.05, 0.1) is 18.7 Å². The van der Waals surface area contributed by atoms with Crippen LogP contribution < -0.4 is 5.32 Å². The first-order valence-electron chi connectivity index (χ1n) is 8.68. The standard InChI is InChI=1S/C19H27N3O2/c1-4-14-7-9-15(10-8-14)17(13-23)21-19(24)18-11-12-20-22(18)16(5-2)6-3/h7-12,16-17,23H,4-6,13H2,1-3H3,(H,21,24). The van der Waals surface area contributed by atoms with E-state index in [1.54, 1.807) is 16.9 Å². The van der Waals surface area contributed by atoms with Crippen LogP contribution in [0.4, 0.5) is 0 Å². The van der Waals surface area contributed by atoms with Gasteiger partial charge in [-0.3, -0.25) is 9.48 Å². The van der Waals surface area contributed by atoms with Gasteiger partial charge in [-0.15, -0.1) is 0 Å². The lowest BCUT2D eigenvalue weighted by Gasteiger charge is -2.20. The number of hydrogen-bond donors (Lipinski definition) is 2. The van der Waals surface area contributed by atoms with Gasteiger partial charge < -0.3 is 10.4 Å². The number of amides is 1. The number of carbonyl (C=O) groups excluding carboxylic acids is 1. The third kappa shape index (κ3) is 4.03. The van der Waals surface area contributed by atoms with Crippen LogP contribution in [0.25, 0.3) is 0 Å². The molecule has 24 heavy (non-hydrogen) atoms. The van der Waals surface area contributed by atoms with Gasteiger partial charge in [0.1, 0.15) is 5.69 Å². The Morgan fingerprint density at radius 2 is 1.83 bits per heavy atom. The summed E-state index contributed by atoms with van der Waals surface area (Å²) >= 11 is 0. The second kappa shape index (κ2) is 8.64. The number of aliphatic hydroxyl groups excluding tert-OH is 1.